The lowest BCUT2D eigenvalue weighted by Gasteiger charge is -2.16. The molecule has 2 nitrogen and oxygen atoms in total. The van der Waals surface area contributed by atoms with Crippen LogP contribution in [0.15, 0.2) is 0 Å². The first-order valence-electron chi connectivity index (χ1n) is 4.52. The maximum absolute atomic E-state index is 9.04. The van der Waals surface area contributed by atoms with E-state index < -0.39 is 0 Å². The van der Waals surface area contributed by atoms with Crippen LogP contribution in [0.5, 0.6) is 0 Å². The molecule has 0 aliphatic heterocycles. The molecule has 1 atom stereocenters. The quantitative estimate of drug-likeness (QED) is 0.616. The van der Waals surface area contributed by atoms with Gasteiger partial charge in [-0.3, -0.25) is 0 Å². The minimum Gasteiger partial charge on any atom is -0.393 e. The van der Waals surface area contributed by atoms with Crippen molar-refractivity contribution in [2.24, 2.45) is 0 Å². The maximum atomic E-state index is 9.04. The maximum Gasteiger partial charge on any atom is 0.0524 e. The third-order valence-corrected chi connectivity index (χ3v) is 2.51. The Morgan fingerprint density at radius 1 is 1.42 bits per heavy atom. The molecule has 0 rings (SSSR count). The van der Waals surface area contributed by atoms with E-state index in [1.807, 2.05) is 18.7 Å². The Kier molecular flexibility index (Phi) is 8.07. The third kappa shape index (κ3) is 8.37. The highest BCUT2D eigenvalue weighted by atomic mass is 32.2. The summed E-state index contributed by atoms with van der Waals surface area (Å²) >= 11 is 1.89. The number of aliphatic hydroxyl groups excluding tert-OH is 1. The zero-order valence-corrected chi connectivity index (χ0v) is 9.23. The molecule has 0 fully saturated rings. The van der Waals surface area contributed by atoms with Gasteiger partial charge in [-0.1, -0.05) is 0 Å². The van der Waals surface area contributed by atoms with Crippen LogP contribution in [0.3, 0.4) is 0 Å². The van der Waals surface area contributed by atoms with Crippen molar-refractivity contribution in [3.8, 4) is 0 Å². The van der Waals surface area contributed by atoms with Crippen molar-refractivity contribution >= 4 is 11.8 Å². The summed E-state index contributed by atoms with van der Waals surface area (Å²) < 4.78 is 0. The zero-order valence-electron chi connectivity index (χ0n) is 8.42. The van der Waals surface area contributed by atoms with Crippen molar-refractivity contribution in [3.63, 3.8) is 0 Å². The summed E-state index contributed by atoms with van der Waals surface area (Å²) in [6.45, 7) is 4.00. The smallest absolute Gasteiger partial charge is 0.0524 e. The first-order chi connectivity index (χ1) is 5.66. The molecule has 0 heterocycles. The van der Waals surface area contributed by atoms with Crippen molar-refractivity contribution in [1.29, 1.82) is 0 Å². The van der Waals surface area contributed by atoms with Gasteiger partial charge in [0.05, 0.1) is 6.10 Å². The largest absolute Gasteiger partial charge is 0.393 e. The fourth-order valence-electron chi connectivity index (χ4n) is 0.998. The van der Waals surface area contributed by atoms with E-state index in [0.29, 0.717) is 0 Å². The van der Waals surface area contributed by atoms with Gasteiger partial charge in [-0.15, -0.1) is 0 Å². The second-order valence-electron chi connectivity index (χ2n) is 3.29. The molecule has 0 aromatic carbocycles. The molecule has 74 valence electrons. The van der Waals surface area contributed by atoms with Crippen molar-refractivity contribution in [2.45, 2.75) is 25.9 Å². The number of rotatable bonds is 7. The minimum absolute atomic E-state index is 0.159. The molecular weight excluding hydrogens is 170 g/mol. The molecule has 0 saturated heterocycles. The van der Waals surface area contributed by atoms with Gasteiger partial charge >= 0.3 is 0 Å². The molecule has 0 aliphatic rings. The van der Waals surface area contributed by atoms with Crippen LogP contribution < -0.4 is 0 Å². The van der Waals surface area contributed by atoms with E-state index in [1.165, 1.54) is 12.2 Å². The van der Waals surface area contributed by atoms with Gasteiger partial charge in [0.1, 0.15) is 0 Å². The Bertz CT molecular complexity index is 98.5. The molecule has 0 bridgehead atoms. The highest BCUT2D eigenvalue weighted by Gasteiger charge is 2.00. The lowest BCUT2D eigenvalue weighted by molar-refractivity contribution is 0.164. The number of aliphatic hydroxyl groups is 1. The molecule has 1 unspecified atom stereocenters. The molecule has 12 heavy (non-hydrogen) atoms. The van der Waals surface area contributed by atoms with Crippen molar-refractivity contribution in [1.82, 2.24) is 4.90 Å². The third-order valence-electron chi connectivity index (χ3n) is 1.82. The first-order valence-corrected chi connectivity index (χ1v) is 5.91. The number of thioether (sulfide) groups is 1. The zero-order chi connectivity index (χ0) is 9.40. The van der Waals surface area contributed by atoms with E-state index in [-0.39, 0.29) is 6.10 Å². The van der Waals surface area contributed by atoms with Gasteiger partial charge in [-0.2, -0.15) is 11.8 Å². The van der Waals surface area contributed by atoms with Crippen molar-refractivity contribution in [3.05, 3.63) is 0 Å². The van der Waals surface area contributed by atoms with Crippen LogP contribution in [0.2, 0.25) is 0 Å². The Labute approximate surface area is 80.3 Å². The highest BCUT2D eigenvalue weighted by molar-refractivity contribution is 7.98. The van der Waals surface area contributed by atoms with Crippen LogP contribution in [-0.4, -0.2) is 48.3 Å². The Morgan fingerprint density at radius 3 is 2.58 bits per heavy atom. The average molecular weight is 191 g/mol. The van der Waals surface area contributed by atoms with E-state index in [4.69, 9.17) is 5.11 Å². The predicted octanol–water partition coefficient (Wildman–Crippen LogP) is 1.44. The lowest BCUT2D eigenvalue weighted by Crippen LogP contribution is -2.23. The Hall–Kier alpha value is 0.270. The molecular formula is C9H21NOS. The molecule has 3 heteroatoms. The summed E-state index contributed by atoms with van der Waals surface area (Å²) in [5.41, 5.74) is 0. The summed E-state index contributed by atoms with van der Waals surface area (Å²) in [6.07, 6.45) is 4.11. The SMILES string of the molecule is CSCCCN(C)CCC(C)O. The Balaban J connectivity index is 3.15. The first kappa shape index (κ1) is 12.3. The fraction of sp³-hybridized carbons (Fsp3) is 1.00. The normalized spacial score (nSPS) is 13.8. The van der Waals surface area contributed by atoms with E-state index in [0.717, 1.165) is 19.5 Å². The van der Waals surface area contributed by atoms with E-state index in [9.17, 15) is 0 Å². The fourth-order valence-corrected chi connectivity index (χ4v) is 1.42. The standard InChI is InChI=1S/C9H21NOS/c1-9(11)5-7-10(2)6-4-8-12-3/h9,11H,4-8H2,1-3H3. The molecule has 1 N–H and O–H groups in total. The van der Waals surface area contributed by atoms with E-state index in [2.05, 4.69) is 18.2 Å². The number of hydrogen-bond donors (Lipinski definition) is 1. The van der Waals surface area contributed by atoms with Gasteiger partial charge in [0.15, 0.2) is 0 Å². The van der Waals surface area contributed by atoms with Gasteiger partial charge in [-0.25, -0.2) is 0 Å². The Morgan fingerprint density at radius 2 is 2.08 bits per heavy atom. The van der Waals surface area contributed by atoms with Gasteiger partial charge in [0, 0.05) is 6.54 Å². The molecule has 0 radical (unpaired) electrons. The summed E-state index contributed by atoms with van der Waals surface area (Å²) in [5, 5.41) is 9.04. The van der Waals surface area contributed by atoms with Crippen molar-refractivity contribution in [2.75, 3.05) is 32.1 Å². The number of nitrogens with zero attached hydrogens (tertiary/aromatic N) is 1. The van der Waals surface area contributed by atoms with Crippen LogP contribution in [0.4, 0.5) is 0 Å². The van der Waals surface area contributed by atoms with Gasteiger partial charge < -0.3 is 10.0 Å². The molecule has 0 saturated carbocycles. The number of hydrogen-bond acceptors (Lipinski definition) is 3. The van der Waals surface area contributed by atoms with Crippen LogP contribution >= 0.6 is 11.8 Å². The summed E-state index contributed by atoms with van der Waals surface area (Å²) in [6, 6.07) is 0. The molecule has 0 amide bonds. The molecule has 0 aromatic heterocycles. The van der Waals surface area contributed by atoms with Gasteiger partial charge in [0.25, 0.3) is 0 Å². The predicted molar refractivity (Wildman–Crippen MR) is 56.8 cm³/mol. The van der Waals surface area contributed by atoms with Gasteiger partial charge in [0.2, 0.25) is 0 Å². The lowest BCUT2D eigenvalue weighted by atomic mass is 10.3. The van der Waals surface area contributed by atoms with E-state index in [1.54, 1.807) is 0 Å². The molecule has 0 spiro atoms. The summed E-state index contributed by atoms with van der Waals surface area (Å²) in [5.74, 6) is 1.24. The van der Waals surface area contributed by atoms with Gasteiger partial charge in [-0.05, 0) is 45.4 Å². The molecule has 0 aromatic rings. The second kappa shape index (κ2) is 7.90. The summed E-state index contributed by atoms with van der Waals surface area (Å²) in [7, 11) is 2.11. The van der Waals surface area contributed by atoms with Crippen LogP contribution in [0, 0.1) is 0 Å². The van der Waals surface area contributed by atoms with Crippen LogP contribution in [0.1, 0.15) is 19.8 Å². The summed E-state index contributed by atoms with van der Waals surface area (Å²) in [4.78, 5) is 2.28. The second-order valence-corrected chi connectivity index (χ2v) is 4.27. The molecule has 0 aliphatic carbocycles. The highest BCUT2D eigenvalue weighted by Crippen LogP contribution is 1.98. The monoisotopic (exact) mass is 191 g/mol. The average Bonchev–Trinajstić information content (AvgIpc) is 2.01. The van der Waals surface area contributed by atoms with E-state index >= 15 is 0 Å². The van der Waals surface area contributed by atoms with Crippen molar-refractivity contribution < 1.29 is 5.11 Å². The minimum atomic E-state index is -0.159. The van der Waals surface area contributed by atoms with Crippen LogP contribution in [-0.2, 0) is 0 Å². The van der Waals surface area contributed by atoms with Crippen LogP contribution in [0.25, 0.3) is 0 Å². The topological polar surface area (TPSA) is 23.5 Å².